The van der Waals surface area contributed by atoms with Crippen LogP contribution in [0.3, 0.4) is 0 Å². The number of nitrogens with one attached hydrogen (secondary N) is 1. The van der Waals surface area contributed by atoms with E-state index >= 15 is 0 Å². The quantitative estimate of drug-likeness (QED) is 0.757. The molecule has 0 aliphatic heterocycles. The second kappa shape index (κ2) is 7.07. The first-order valence-electron chi connectivity index (χ1n) is 6.40. The van der Waals surface area contributed by atoms with Gasteiger partial charge in [-0.2, -0.15) is 0 Å². The molecule has 1 rings (SSSR count). The zero-order valence-corrected chi connectivity index (χ0v) is 12.4. The largest absolute Gasteiger partial charge is 0.437 e. The average molecular weight is 256 g/mol. The van der Waals surface area contributed by atoms with E-state index < -0.39 is 0 Å². The summed E-state index contributed by atoms with van der Waals surface area (Å²) in [7, 11) is 2.04. The molecule has 98 valence electrons. The first kappa shape index (κ1) is 14.6. The number of thioether (sulfide) groups is 1. The van der Waals surface area contributed by atoms with E-state index in [9.17, 15) is 0 Å². The lowest BCUT2D eigenvalue weighted by Crippen LogP contribution is -2.35. The zero-order valence-electron chi connectivity index (χ0n) is 11.5. The monoisotopic (exact) mass is 256 g/mol. The van der Waals surface area contributed by atoms with Crippen LogP contribution in [0, 0.1) is 13.8 Å². The molecule has 0 saturated carbocycles. The van der Waals surface area contributed by atoms with E-state index in [2.05, 4.69) is 24.1 Å². The van der Waals surface area contributed by atoms with E-state index in [0.29, 0.717) is 11.3 Å². The minimum atomic E-state index is 0.525. The van der Waals surface area contributed by atoms with E-state index in [1.807, 2.05) is 20.9 Å². The van der Waals surface area contributed by atoms with Crippen LogP contribution in [0.4, 0.5) is 0 Å². The van der Waals surface area contributed by atoms with E-state index in [1.54, 1.807) is 11.8 Å². The van der Waals surface area contributed by atoms with Crippen LogP contribution in [0.2, 0.25) is 0 Å². The Morgan fingerprint density at radius 1 is 1.35 bits per heavy atom. The van der Waals surface area contributed by atoms with Gasteiger partial charge < -0.3 is 9.73 Å². The minimum Gasteiger partial charge on any atom is -0.437 e. The first-order valence-corrected chi connectivity index (χ1v) is 7.28. The van der Waals surface area contributed by atoms with Gasteiger partial charge in [0.2, 0.25) is 0 Å². The fraction of sp³-hybridized carbons (Fsp3) is 0.769. The molecule has 1 aromatic heterocycles. The molecule has 0 spiro atoms. The smallest absolute Gasteiger partial charge is 0.256 e. The third-order valence-electron chi connectivity index (χ3n) is 3.08. The molecule has 0 aliphatic rings. The normalized spacial score (nSPS) is 14.9. The average Bonchev–Trinajstić information content (AvgIpc) is 2.63. The second-order valence-corrected chi connectivity index (χ2v) is 5.56. The Labute approximate surface area is 109 Å². The topological polar surface area (TPSA) is 38.1 Å². The molecule has 1 N–H and O–H groups in total. The summed E-state index contributed by atoms with van der Waals surface area (Å²) in [6.07, 6.45) is 3.52. The summed E-state index contributed by atoms with van der Waals surface area (Å²) in [5.41, 5.74) is 0.999. The van der Waals surface area contributed by atoms with Crippen molar-refractivity contribution in [2.24, 2.45) is 0 Å². The summed E-state index contributed by atoms with van der Waals surface area (Å²) in [6, 6.07) is 0.530. The third kappa shape index (κ3) is 4.03. The van der Waals surface area contributed by atoms with E-state index in [4.69, 9.17) is 4.42 Å². The highest BCUT2D eigenvalue weighted by Gasteiger charge is 2.21. The van der Waals surface area contributed by atoms with Gasteiger partial charge in [-0.3, -0.25) is 0 Å². The number of oxazole rings is 1. The van der Waals surface area contributed by atoms with Crippen molar-refractivity contribution >= 4 is 11.8 Å². The zero-order chi connectivity index (χ0) is 12.8. The Kier molecular flexibility index (Phi) is 6.06. The van der Waals surface area contributed by atoms with Gasteiger partial charge >= 0.3 is 0 Å². The Hall–Kier alpha value is -0.480. The van der Waals surface area contributed by atoms with Gasteiger partial charge in [-0.25, -0.2) is 4.98 Å². The van der Waals surface area contributed by atoms with Crippen LogP contribution in [0.5, 0.6) is 0 Å². The van der Waals surface area contributed by atoms with Crippen LogP contribution in [0.15, 0.2) is 9.64 Å². The minimum absolute atomic E-state index is 0.525. The van der Waals surface area contributed by atoms with E-state index in [0.717, 1.165) is 23.1 Å². The van der Waals surface area contributed by atoms with E-state index in [-0.39, 0.29) is 0 Å². The molecule has 0 aliphatic carbocycles. The predicted octanol–water partition coefficient (Wildman–Crippen LogP) is 3.55. The Morgan fingerprint density at radius 3 is 2.47 bits per heavy atom. The van der Waals surface area contributed by atoms with Gasteiger partial charge in [0.1, 0.15) is 5.76 Å². The van der Waals surface area contributed by atoms with Gasteiger partial charge in [0.25, 0.3) is 5.22 Å². The number of hydrogen-bond donors (Lipinski definition) is 1. The molecule has 0 bridgehead atoms. The lowest BCUT2D eigenvalue weighted by Gasteiger charge is -2.23. The fourth-order valence-electron chi connectivity index (χ4n) is 1.90. The molecule has 17 heavy (non-hydrogen) atoms. The second-order valence-electron chi connectivity index (χ2n) is 4.37. The summed E-state index contributed by atoms with van der Waals surface area (Å²) in [6.45, 7) is 8.40. The van der Waals surface area contributed by atoms with Gasteiger partial charge in [0.15, 0.2) is 0 Å². The number of rotatable bonds is 7. The SMILES string of the molecule is CCCC(NC)C(CC)Sc1nc(C)c(C)o1. The molecule has 1 heterocycles. The summed E-state index contributed by atoms with van der Waals surface area (Å²) in [5.74, 6) is 0.929. The van der Waals surface area contributed by atoms with Crippen molar-refractivity contribution in [1.82, 2.24) is 10.3 Å². The van der Waals surface area contributed by atoms with Crippen LogP contribution >= 0.6 is 11.8 Å². The predicted molar refractivity (Wildman–Crippen MR) is 73.7 cm³/mol. The van der Waals surface area contributed by atoms with Crippen LogP contribution in [0.1, 0.15) is 44.6 Å². The van der Waals surface area contributed by atoms with Crippen LogP contribution in [0.25, 0.3) is 0 Å². The van der Waals surface area contributed by atoms with Gasteiger partial charge in [-0.05, 0) is 33.7 Å². The molecule has 2 unspecified atom stereocenters. The molecular formula is C13H24N2OS. The maximum absolute atomic E-state index is 5.64. The number of hydrogen-bond acceptors (Lipinski definition) is 4. The van der Waals surface area contributed by atoms with Crippen molar-refractivity contribution < 1.29 is 4.42 Å². The number of aromatic nitrogens is 1. The summed E-state index contributed by atoms with van der Waals surface area (Å²) in [5, 5.41) is 4.74. The summed E-state index contributed by atoms with van der Waals surface area (Å²) in [4.78, 5) is 4.44. The van der Waals surface area contributed by atoms with Gasteiger partial charge in [0.05, 0.1) is 5.69 Å². The van der Waals surface area contributed by atoms with Crippen LogP contribution in [-0.2, 0) is 0 Å². The highest BCUT2D eigenvalue weighted by atomic mass is 32.2. The standard InChI is InChI=1S/C13H24N2OS/c1-6-8-11(14-5)12(7-2)17-13-15-9(3)10(4)16-13/h11-12,14H,6-8H2,1-5H3. The van der Waals surface area contributed by atoms with Crippen molar-refractivity contribution in [2.75, 3.05) is 7.05 Å². The lowest BCUT2D eigenvalue weighted by atomic mass is 10.1. The summed E-state index contributed by atoms with van der Waals surface area (Å²) >= 11 is 1.76. The molecular weight excluding hydrogens is 232 g/mol. The maximum atomic E-state index is 5.64. The fourth-order valence-corrected chi connectivity index (χ4v) is 3.13. The Morgan fingerprint density at radius 2 is 2.06 bits per heavy atom. The van der Waals surface area contributed by atoms with Crippen molar-refractivity contribution in [3.63, 3.8) is 0 Å². The summed E-state index contributed by atoms with van der Waals surface area (Å²) < 4.78 is 5.64. The molecule has 2 atom stereocenters. The molecule has 0 radical (unpaired) electrons. The molecule has 4 heteroatoms. The molecule has 0 amide bonds. The van der Waals surface area contributed by atoms with Crippen molar-refractivity contribution in [3.05, 3.63) is 11.5 Å². The van der Waals surface area contributed by atoms with Crippen molar-refractivity contribution in [1.29, 1.82) is 0 Å². The van der Waals surface area contributed by atoms with Gasteiger partial charge in [0, 0.05) is 11.3 Å². The number of nitrogens with zero attached hydrogens (tertiary/aromatic N) is 1. The maximum Gasteiger partial charge on any atom is 0.256 e. The van der Waals surface area contributed by atoms with Crippen molar-refractivity contribution in [3.8, 4) is 0 Å². The van der Waals surface area contributed by atoms with Crippen molar-refractivity contribution in [2.45, 2.75) is 63.5 Å². The van der Waals surface area contributed by atoms with Gasteiger partial charge in [-0.1, -0.05) is 32.0 Å². The van der Waals surface area contributed by atoms with Crippen LogP contribution in [-0.4, -0.2) is 23.3 Å². The van der Waals surface area contributed by atoms with Crippen LogP contribution < -0.4 is 5.32 Å². The Bertz CT molecular complexity index is 319. The third-order valence-corrected chi connectivity index (χ3v) is 4.42. The lowest BCUT2D eigenvalue weighted by molar-refractivity contribution is 0.425. The first-order chi connectivity index (χ1) is 8.12. The van der Waals surface area contributed by atoms with E-state index in [1.165, 1.54) is 12.8 Å². The highest BCUT2D eigenvalue weighted by molar-refractivity contribution is 7.99. The molecule has 0 saturated heterocycles. The molecule has 0 fully saturated rings. The molecule has 3 nitrogen and oxygen atoms in total. The van der Waals surface area contributed by atoms with Gasteiger partial charge in [-0.15, -0.1) is 0 Å². The molecule has 0 aromatic carbocycles. The Balaban J connectivity index is 2.68. The highest BCUT2D eigenvalue weighted by Crippen LogP contribution is 2.29. The molecule has 1 aromatic rings. The number of aryl methyl sites for hydroxylation is 2.